The molecule has 5 heteroatoms. The van der Waals surface area contributed by atoms with Gasteiger partial charge in [-0.15, -0.1) is 0 Å². The normalized spacial score (nSPS) is 14.3. The Morgan fingerprint density at radius 1 is 0.963 bits per heavy atom. The van der Waals surface area contributed by atoms with Crippen molar-refractivity contribution in [3.63, 3.8) is 0 Å². The molecule has 0 saturated carbocycles. The highest BCUT2D eigenvalue weighted by Crippen LogP contribution is 2.39. The van der Waals surface area contributed by atoms with Crippen LogP contribution >= 0.6 is 0 Å². The van der Waals surface area contributed by atoms with Crippen LogP contribution in [0.2, 0.25) is 0 Å². The topological polar surface area (TPSA) is 81.6 Å². The van der Waals surface area contributed by atoms with Crippen molar-refractivity contribution in [2.75, 3.05) is 13.1 Å². The van der Waals surface area contributed by atoms with Crippen LogP contribution in [0.15, 0.2) is 48.3 Å². The minimum atomic E-state index is -0.335. The van der Waals surface area contributed by atoms with Crippen LogP contribution in [0.4, 0.5) is 0 Å². The summed E-state index contributed by atoms with van der Waals surface area (Å²) < 4.78 is 0. The fourth-order valence-electron chi connectivity index (χ4n) is 3.26. The fourth-order valence-corrected chi connectivity index (χ4v) is 3.26. The molecule has 0 aliphatic carbocycles. The van der Waals surface area contributed by atoms with Crippen molar-refractivity contribution in [1.29, 1.82) is 0 Å². The molecule has 1 aliphatic rings. The van der Waals surface area contributed by atoms with Crippen molar-refractivity contribution in [3.05, 3.63) is 65.0 Å². The van der Waals surface area contributed by atoms with Crippen LogP contribution in [0, 0.1) is 0 Å². The van der Waals surface area contributed by atoms with E-state index in [1.54, 1.807) is 18.2 Å². The summed E-state index contributed by atoms with van der Waals surface area (Å²) >= 11 is 0. The number of hydrogen-bond donors (Lipinski definition) is 4. The Kier molecular flexibility index (Phi) is 5.13. The number of carbonyl (C=O) groups excluding carboxylic acids is 1. The van der Waals surface area contributed by atoms with E-state index in [4.69, 9.17) is 0 Å². The molecule has 1 aliphatic heterocycles. The molecule has 1 fully saturated rings. The average molecular weight is 366 g/mol. The largest absolute Gasteiger partial charge is 0.504 e. The number of carbonyl (C=O) groups is 1. The fraction of sp³-hybridized carbons (Fsp3) is 0.318. The van der Waals surface area contributed by atoms with Crippen LogP contribution in [0.3, 0.4) is 0 Å². The molecular formula is C22H26N2O3. The average Bonchev–Trinajstić information content (AvgIpc) is 2.65. The van der Waals surface area contributed by atoms with E-state index in [1.807, 2.05) is 39.0 Å². The third-order valence-corrected chi connectivity index (χ3v) is 4.66. The number of hydrogen-bond acceptors (Lipinski definition) is 5. The van der Waals surface area contributed by atoms with Gasteiger partial charge in [-0.25, -0.2) is 0 Å². The maximum atomic E-state index is 13.4. The molecule has 0 amide bonds. The standard InChI is InChI=1S/C22H26N2O3/c1-22(2,3)16-13-18(26)17(25)12-15(16)19(21-23-10-7-11-24-21)20(27)14-8-5-4-6-9-14/h4-6,8-9,12-13,23-26H,7,10-11H2,1-3H3. The lowest BCUT2D eigenvalue weighted by Crippen LogP contribution is -2.37. The Bertz CT molecular complexity index is 872. The molecular weight excluding hydrogens is 340 g/mol. The molecule has 0 aromatic heterocycles. The van der Waals surface area contributed by atoms with Crippen LogP contribution in [0.25, 0.3) is 5.57 Å². The van der Waals surface area contributed by atoms with Gasteiger partial charge in [0.15, 0.2) is 17.3 Å². The first-order valence-electron chi connectivity index (χ1n) is 9.17. The summed E-state index contributed by atoms with van der Waals surface area (Å²) in [6, 6.07) is 12.1. The Balaban J connectivity index is 2.27. The van der Waals surface area contributed by atoms with E-state index in [1.165, 1.54) is 6.07 Å². The van der Waals surface area contributed by atoms with Gasteiger partial charge >= 0.3 is 0 Å². The smallest absolute Gasteiger partial charge is 0.197 e. The molecule has 3 rings (SSSR count). The monoisotopic (exact) mass is 366 g/mol. The van der Waals surface area contributed by atoms with Crippen molar-refractivity contribution in [1.82, 2.24) is 10.6 Å². The quantitative estimate of drug-likeness (QED) is 0.380. The van der Waals surface area contributed by atoms with E-state index in [0.29, 0.717) is 22.5 Å². The van der Waals surface area contributed by atoms with Gasteiger partial charge < -0.3 is 20.8 Å². The summed E-state index contributed by atoms with van der Waals surface area (Å²) in [5, 5.41) is 26.8. The molecule has 0 radical (unpaired) electrons. The van der Waals surface area contributed by atoms with Gasteiger partial charge in [-0.05, 0) is 35.1 Å². The summed E-state index contributed by atoms with van der Waals surface area (Å²) in [4.78, 5) is 13.4. The molecule has 0 spiro atoms. The SMILES string of the molecule is CC(C)(C)c1cc(O)c(O)cc1C(C(=O)c1ccccc1)=C1NCCCN1. The maximum absolute atomic E-state index is 13.4. The zero-order valence-electron chi connectivity index (χ0n) is 16.0. The summed E-state index contributed by atoms with van der Waals surface area (Å²) in [5.74, 6) is 0.0892. The second kappa shape index (κ2) is 7.35. The number of aromatic hydroxyl groups is 2. The van der Waals surface area contributed by atoms with Gasteiger partial charge in [0, 0.05) is 18.7 Å². The molecule has 0 atom stereocenters. The van der Waals surface area contributed by atoms with Crippen molar-refractivity contribution in [2.24, 2.45) is 0 Å². The molecule has 27 heavy (non-hydrogen) atoms. The highest BCUT2D eigenvalue weighted by molar-refractivity contribution is 6.30. The molecule has 5 nitrogen and oxygen atoms in total. The van der Waals surface area contributed by atoms with E-state index in [-0.39, 0.29) is 22.7 Å². The highest BCUT2D eigenvalue weighted by atomic mass is 16.3. The van der Waals surface area contributed by atoms with Crippen molar-refractivity contribution in [3.8, 4) is 11.5 Å². The lowest BCUT2D eigenvalue weighted by Gasteiger charge is -2.28. The second-order valence-corrected chi connectivity index (χ2v) is 7.79. The number of phenolic OH excluding ortho intramolecular Hbond substituents is 2. The second-order valence-electron chi connectivity index (χ2n) is 7.79. The zero-order valence-corrected chi connectivity index (χ0v) is 16.0. The van der Waals surface area contributed by atoms with E-state index >= 15 is 0 Å². The van der Waals surface area contributed by atoms with E-state index in [2.05, 4.69) is 10.6 Å². The van der Waals surface area contributed by atoms with Crippen molar-refractivity contribution in [2.45, 2.75) is 32.6 Å². The Morgan fingerprint density at radius 3 is 2.15 bits per heavy atom. The van der Waals surface area contributed by atoms with Crippen molar-refractivity contribution >= 4 is 11.4 Å². The molecule has 1 saturated heterocycles. The third kappa shape index (κ3) is 3.92. The Labute approximate surface area is 159 Å². The number of nitrogens with one attached hydrogen (secondary N) is 2. The maximum Gasteiger partial charge on any atom is 0.197 e. The van der Waals surface area contributed by atoms with Gasteiger partial charge in [-0.1, -0.05) is 51.1 Å². The summed E-state index contributed by atoms with van der Waals surface area (Å²) in [7, 11) is 0. The van der Waals surface area contributed by atoms with Crippen LogP contribution < -0.4 is 10.6 Å². The molecule has 1 heterocycles. The number of rotatable bonds is 3. The first kappa shape index (κ1) is 18.8. The van der Waals surface area contributed by atoms with Crippen LogP contribution in [0.1, 0.15) is 48.7 Å². The number of phenols is 2. The Morgan fingerprint density at radius 2 is 1.56 bits per heavy atom. The first-order chi connectivity index (χ1) is 12.8. The number of Topliss-reactive ketones (excluding diaryl/α,β-unsaturated/α-hetero) is 1. The van der Waals surface area contributed by atoms with Crippen LogP contribution in [0.5, 0.6) is 11.5 Å². The number of allylic oxidation sites excluding steroid dienone is 1. The third-order valence-electron chi connectivity index (χ3n) is 4.66. The molecule has 142 valence electrons. The zero-order chi connectivity index (χ0) is 19.6. The van der Waals surface area contributed by atoms with E-state index < -0.39 is 0 Å². The van der Waals surface area contributed by atoms with E-state index in [0.717, 1.165) is 25.1 Å². The minimum Gasteiger partial charge on any atom is -0.504 e. The van der Waals surface area contributed by atoms with Gasteiger partial charge in [0.2, 0.25) is 0 Å². The lowest BCUT2D eigenvalue weighted by molar-refractivity contribution is 0.105. The molecule has 2 aromatic carbocycles. The summed E-state index contributed by atoms with van der Waals surface area (Å²) in [6.07, 6.45) is 0.962. The van der Waals surface area contributed by atoms with Gasteiger partial charge in [0.05, 0.1) is 5.57 Å². The van der Waals surface area contributed by atoms with Gasteiger partial charge in [-0.3, -0.25) is 4.79 Å². The molecule has 2 aromatic rings. The number of benzene rings is 2. The van der Waals surface area contributed by atoms with Gasteiger partial charge in [0.1, 0.15) is 5.82 Å². The number of ketones is 1. The predicted octanol–water partition coefficient (Wildman–Crippen LogP) is 3.53. The van der Waals surface area contributed by atoms with Crippen LogP contribution in [-0.2, 0) is 5.41 Å². The Hall–Kier alpha value is -2.95. The molecule has 0 unspecified atom stereocenters. The predicted molar refractivity (Wildman–Crippen MR) is 107 cm³/mol. The van der Waals surface area contributed by atoms with Gasteiger partial charge in [0.25, 0.3) is 0 Å². The highest BCUT2D eigenvalue weighted by Gasteiger charge is 2.28. The first-order valence-corrected chi connectivity index (χ1v) is 9.17. The summed E-state index contributed by atoms with van der Waals surface area (Å²) in [5.41, 5.74) is 2.11. The van der Waals surface area contributed by atoms with Crippen LogP contribution in [-0.4, -0.2) is 29.1 Å². The van der Waals surface area contributed by atoms with E-state index in [9.17, 15) is 15.0 Å². The van der Waals surface area contributed by atoms with Gasteiger partial charge in [-0.2, -0.15) is 0 Å². The van der Waals surface area contributed by atoms with Crippen molar-refractivity contribution < 1.29 is 15.0 Å². The lowest BCUT2D eigenvalue weighted by atomic mass is 9.80. The molecule has 4 N–H and O–H groups in total. The molecule has 0 bridgehead atoms. The summed E-state index contributed by atoms with van der Waals surface area (Å²) in [6.45, 7) is 7.57. The minimum absolute atomic E-state index is 0.136.